The van der Waals surface area contributed by atoms with Crippen molar-refractivity contribution in [2.75, 3.05) is 13.1 Å². The quantitative estimate of drug-likeness (QED) is 0.537. The molecule has 1 aliphatic rings. The molecule has 2 heterocycles. The third-order valence-electron chi connectivity index (χ3n) is 4.53. The predicted octanol–water partition coefficient (Wildman–Crippen LogP) is 4.87. The van der Waals surface area contributed by atoms with Crippen LogP contribution in [-0.4, -0.2) is 29.6 Å². The van der Waals surface area contributed by atoms with Crippen LogP contribution >= 0.6 is 0 Å². The number of halogens is 3. The summed E-state index contributed by atoms with van der Waals surface area (Å²) in [6.07, 6.45) is -1.30. The average molecular weight is 394 g/mol. The average Bonchev–Trinajstić information content (AvgIpc) is 3.16. The van der Waals surface area contributed by atoms with Gasteiger partial charge in [-0.3, -0.25) is 4.79 Å². The molecule has 28 heavy (non-hydrogen) atoms. The first kappa shape index (κ1) is 20.0. The number of oxime groups is 1. The van der Waals surface area contributed by atoms with Gasteiger partial charge >= 0.3 is 6.18 Å². The summed E-state index contributed by atoms with van der Waals surface area (Å²) in [7, 11) is 0. The van der Waals surface area contributed by atoms with Gasteiger partial charge in [-0.1, -0.05) is 17.3 Å². The van der Waals surface area contributed by atoms with Crippen molar-refractivity contribution in [3.63, 3.8) is 0 Å². The topological polar surface area (TPSA) is 55.0 Å². The standard InChI is InChI=1S/C20H21F3N2O3/c1-14(15-6-5-7-16(12-15)20(21,22)23)24-27-13-17-8-9-18(28-17)19(26)25-10-3-2-4-11-25/h5-9,12H,2-4,10-11,13H2,1H3/b24-14-. The molecule has 150 valence electrons. The third kappa shape index (κ3) is 4.94. The number of furan rings is 1. The molecule has 0 spiro atoms. The molecule has 1 saturated heterocycles. The summed E-state index contributed by atoms with van der Waals surface area (Å²) in [5.74, 6) is 0.523. The second-order valence-electron chi connectivity index (χ2n) is 6.65. The first-order chi connectivity index (χ1) is 13.3. The molecule has 1 aromatic heterocycles. The minimum Gasteiger partial charge on any atom is -0.452 e. The van der Waals surface area contributed by atoms with E-state index in [0.717, 1.165) is 44.5 Å². The summed E-state index contributed by atoms with van der Waals surface area (Å²) >= 11 is 0. The molecule has 1 fully saturated rings. The van der Waals surface area contributed by atoms with E-state index in [1.54, 1.807) is 24.0 Å². The van der Waals surface area contributed by atoms with E-state index in [9.17, 15) is 18.0 Å². The Kier molecular flexibility index (Phi) is 6.06. The molecular weight excluding hydrogens is 373 g/mol. The van der Waals surface area contributed by atoms with Crippen LogP contribution < -0.4 is 0 Å². The second kappa shape index (κ2) is 8.50. The zero-order chi connectivity index (χ0) is 20.1. The van der Waals surface area contributed by atoms with Crippen LogP contribution in [0.25, 0.3) is 0 Å². The number of carbonyl (C=O) groups is 1. The van der Waals surface area contributed by atoms with E-state index in [4.69, 9.17) is 9.25 Å². The summed E-state index contributed by atoms with van der Waals surface area (Å²) in [5, 5.41) is 3.85. The van der Waals surface area contributed by atoms with E-state index in [1.165, 1.54) is 12.1 Å². The Morgan fingerprint density at radius 3 is 2.64 bits per heavy atom. The van der Waals surface area contributed by atoms with Crippen LogP contribution in [0.5, 0.6) is 0 Å². The van der Waals surface area contributed by atoms with Gasteiger partial charge in [0.05, 0.1) is 11.3 Å². The molecule has 0 atom stereocenters. The molecule has 0 saturated carbocycles. The van der Waals surface area contributed by atoms with Crippen LogP contribution in [0.15, 0.2) is 46.0 Å². The number of nitrogens with zero attached hydrogens (tertiary/aromatic N) is 2. The highest BCUT2D eigenvalue weighted by Crippen LogP contribution is 2.29. The van der Waals surface area contributed by atoms with Gasteiger partial charge in [0.15, 0.2) is 12.4 Å². The van der Waals surface area contributed by atoms with Gasteiger partial charge in [0.2, 0.25) is 0 Å². The summed E-state index contributed by atoms with van der Waals surface area (Å²) in [6.45, 7) is 2.99. The molecule has 0 N–H and O–H groups in total. The van der Waals surface area contributed by atoms with Crippen molar-refractivity contribution < 1.29 is 27.2 Å². The van der Waals surface area contributed by atoms with Crippen molar-refractivity contribution in [1.29, 1.82) is 0 Å². The van der Waals surface area contributed by atoms with Crippen LogP contribution in [0.4, 0.5) is 13.2 Å². The fraction of sp³-hybridized carbons (Fsp3) is 0.400. The SMILES string of the molecule is C/C(=N/OCc1ccc(C(=O)N2CCCCC2)o1)c1cccc(C(F)(F)F)c1. The maximum Gasteiger partial charge on any atom is 0.416 e. The smallest absolute Gasteiger partial charge is 0.416 e. The fourth-order valence-corrected chi connectivity index (χ4v) is 2.99. The van der Waals surface area contributed by atoms with E-state index in [-0.39, 0.29) is 18.3 Å². The first-order valence-corrected chi connectivity index (χ1v) is 9.07. The minimum atomic E-state index is -4.41. The molecule has 1 aromatic carbocycles. The highest BCUT2D eigenvalue weighted by atomic mass is 19.4. The van der Waals surface area contributed by atoms with Crippen LogP contribution in [0.2, 0.25) is 0 Å². The van der Waals surface area contributed by atoms with Gasteiger partial charge in [0, 0.05) is 13.1 Å². The number of rotatable bonds is 5. The van der Waals surface area contributed by atoms with Gasteiger partial charge < -0.3 is 14.2 Å². The lowest BCUT2D eigenvalue weighted by atomic mass is 10.1. The summed E-state index contributed by atoms with van der Waals surface area (Å²) in [6, 6.07) is 8.10. The zero-order valence-electron chi connectivity index (χ0n) is 15.5. The van der Waals surface area contributed by atoms with Gasteiger partial charge in [-0.2, -0.15) is 13.2 Å². The molecule has 0 bridgehead atoms. The summed E-state index contributed by atoms with van der Waals surface area (Å²) < 4.78 is 43.9. The van der Waals surface area contributed by atoms with E-state index in [0.29, 0.717) is 17.0 Å². The molecule has 0 unspecified atom stereocenters. The largest absolute Gasteiger partial charge is 0.452 e. The van der Waals surface area contributed by atoms with Gasteiger partial charge in [-0.05, 0) is 56.0 Å². The number of carbonyl (C=O) groups excluding carboxylic acids is 1. The van der Waals surface area contributed by atoms with Crippen LogP contribution in [-0.2, 0) is 17.6 Å². The number of benzene rings is 1. The normalized spacial score (nSPS) is 15.6. The minimum absolute atomic E-state index is 0.0242. The molecule has 8 heteroatoms. The monoisotopic (exact) mass is 394 g/mol. The Labute approximate surface area is 160 Å². The van der Waals surface area contributed by atoms with E-state index < -0.39 is 11.7 Å². The maximum atomic E-state index is 12.8. The van der Waals surface area contributed by atoms with E-state index in [2.05, 4.69) is 5.16 Å². The summed E-state index contributed by atoms with van der Waals surface area (Å²) in [4.78, 5) is 19.3. The number of hydrogen-bond donors (Lipinski definition) is 0. The van der Waals surface area contributed by atoms with Crippen molar-refractivity contribution in [2.24, 2.45) is 5.16 Å². The van der Waals surface area contributed by atoms with Gasteiger partial charge in [0.25, 0.3) is 5.91 Å². The Balaban J connectivity index is 1.59. The van der Waals surface area contributed by atoms with Crippen molar-refractivity contribution in [3.05, 3.63) is 59.0 Å². The molecule has 3 rings (SSSR count). The Bertz CT molecular complexity index is 852. The number of piperidine rings is 1. The van der Waals surface area contributed by atoms with E-state index >= 15 is 0 Å². The first-order valence-electron chi connectivity index (χ1n) is 9.07. The Morgan fingerprint density at radius 2 is 1.93 bits per heavy atom. The zero-order valence-corrected chi connectivity index (χ0v) is 15.5. The molecule has 0 aliphatic carbocycles. The third-order valence-corrected chi connectivity index (χ3v) is 4.53. The number of likely N-dealkylation sites (tertiary alicyclic amines) is 1. The maximum absolute atomic E-state index is 12.8. The van der Waals surface area contributed by atoms with E-state index in [1.807, 2.05) is 0 Å². The van der Waals surface area contributed by atoms with Gasteiger partial charge in [-0.15, -0.1) is 0 Å². The number of hydrogen-bond acceptors (Lipinski definition) is 4. The molecule has 0 radical (unpaired) electrons. The Hall–Kier alpha value is -2.77. The predicted molar refractivity (Wildman–Crippen MR) is 96.9 cm³/mol. The fourth-order valence-electron chi connectivity index (χ4n) is 2.99. The molecule has 5 nitrogen and oxygen atoms in total. The number of alkyl halides is 3. The lowest BCUT2D eigenvalue weighted by Gasteiger charge is -2.25. The number of amides is 1. The highest BCUT2D eigenvalue weighted by Gasteiger charge is 2.30. The summed E-state index contributed by atoms with van der Waals surface area (Å²) in [5.41, 5.74) is -0.121. The van der Waals surface area contributed by atoms with Gasteiger partial charge in [-0.25, -0.2) is 0 Å². The second-order valence-corrected chi connectivity index (χ2v) is 6.65. The Morgan fingerprint density at radius 1 is 1.18 bits per heavy atom. The molecule has 1 amide bonds. The van der Waals surface area contributed by atoms with Crippen molar-refractivity contribution >= 4 is 11.6 Å². The van der Waals surface area contributed by atoms with Gasteiger partial charge in [0.1, 0.15) is 5.76 Å². The lowest BCUT2D eigenvalue weighted by molar-refractivity contribution is -0.137. The highest BCUT2D eigenvalue weighted by molar-refractivity contribution is 5.98. The van der Waals surface area contributed by atoms with Crippen LogP contribution in [0.3, 0.4) is 0 Å². The lowest BCUT2D eigenvalue weighted by Crippen LogP contribution is -2.35. The van der Waals surface area contributed by atoms with Crippen LogP contribution in [0.1, 0.15) is 53.6 Å². The molecule has 1 aliphatic heterocycles. The molecular formula is C20H21F3N2O3. The van der Waals surface area contributed by atoms with Crippen molar-refractivity contribution in [3.8, 4) is 0 Å². The van der Waals surface area contributed by atoms with Crippen LogP contribution in [0, 0.1) is 0 Å². The van der Waals surface area contributed by atoms with Crippen molar-refractivity contribution in [1.82, 2.24) is 4.90 Å². The molecule has 2 aromatic rings. The van der Waals surface area contributed by atoms with Crippen molar-refractivity contribution in [2.45, 2.75) is 39.0 Å².